The second-order valence-corrected chi connectivity index (χ2v) is 2.30. The Bertz CT molecular complexity index is 205. The van der Waals surface area contributed by atoms with Crippen LogP contribution in [0.25, 0.3) is 0 Å². The third-order valence-electron chi connectivity index (χ3n) is 1.32. The molecule has 2 nitrogen and oxygen atoms in total. The third-order valence-corrected chi connectivity index (χ3v) is 1.32. The van der Waals surface area contributed by atoms with Gasteiger partial charge in [-0.1, -0.05) is 0 Å². The van der Waals surface area contributed by atoms with E-state index in [0.29, 0.717) is 6.61 Å². The standard InChI is InChI=1S/C10H12O2/c1-3-5-6-7-8-9-12-10(11)4-2/h1-2H,5-9H2. The zero-order valence-corrected chi connectivity index (χ0v) is 7.01. The molecule has 0 fully saturated rings. The summed E-state index contributed by atoms with van der Waals surface area (Å²) in [5.74, 6) is 3.82. The lowest BCUT2D eigenvalue weighted by molar-refractivity contribution is -0.136. The highest BCUT2D eigenvalue weighted by molar-refractivity contribution is 5.87. The van der Waals surface area contributed by atoms with Crippen molar-refractivity contribution in [1.82, 2.24) is 0 Å². The summed E-state index contributed by atoms with van der Waals surface area (Å²) in [6.45, 7) is 0.396. The Balaban J connectivity index is 3.08. The highest BCUT2D eigenvalue weighted by Crippen LogP contribution is 1.98. The maximum absolute atomic E-state index is 10.4. The van der Waals surface area contributed by atoms with Crippen LogP contribution < -0.4 is 0 Å². The van der Waals surface area contributed by atoms with Crippen LogP contribution in [0.5, 0.6) is 0 Å². The Morgan fingerprint density at radius 2 is 2.00 bits per heavy atom. The molecule has 2 heteroatoms. The molecular weight excluding hydrogens is 152 g/mol. The minimum absolute atomic E-state index is 0.396. The molecule has 0 bridgehead atoms. The molecule has 64 valence electrons. The molecule has 0 atom stereocenters. The van der Waals surface area contributed by atoms with Gasteiger partial charge in [-0.25, -0.2) is 4.79 Å². The van der Waals surface area contributed by atoms with E-state index in [-0.39, 0.29) is 0 Å². The first-order chi connectivity index (χ1) is 5.81. The Morgan fingerprint density at radius 1 is 1.25 bits per heavy atom. The van der Waals surface area contributed by atoms with Gasteiger partial charge in [-0.05, 0) is 19.3 Å². The van der Waals surface area contributed by atoms with Crippen molar-refractivity contribution in [1.29, 1.82) is 0 Å². The van der Waals surface area contributed by atoms with Crippen LogP contribution in [0.15, 0.2) is 0 Å². The Kier molecular flexibility index (Phi) is 6.79. The second-order valence-electron chi connectivity index (χ2n) is 2.30. The lowest BCUT2D eigenvalue weighted by Gasteiger charge is -1.98. The fourth-order valence-electron chi connectivity index (χ4n) is 0.712. The molecule has 0 amide bonds. The second kappa shape index (κ2) is 7.69. The number of ether oxygens (including phenoxy) is 1. The Hall–Kier alpha value is -1.41. The summed E-state index contributed by atoms with van der Waals surface area (Å²) in [5.41, 5.74) is 0. The predicted molar refractivity (Wildman–Crippen MR) is 47.1 cm³/mol. The van der Waals surface area contributed by atoms with Gasteiger partial charge >= 0.3 is 5.97 Å². The van der Waals surface area contributed by atoms with Crippen LogP contribution in [0.2, 0.25) is 0 Å². The largest absolute Gasteiger partial charge is 0.456 e. The average molecular weight is 164 g/mol. The summed E-state index contributed by atoms with van der Waals surface area (Å²) in [7, 11) is 0. The van der Waals surface area contributed by atoms with Crippen molar-refractivity contribution in [2.45, 2.75) is 25.7 Å². The van der Waals surface area contributed by atoms with Crippen molar-refractivity contribution in [3.05, 3.63) is 0 Å². The number of esters is 1. The SMILES string of the molecule is C#CCCCCCOC(=O)C#C. The smallest absolute Gasteiger partial charge is 0.384 e. The van der Waals surface area contributed by atoms with Crippen molar-refractivity contribution in [3.63, 3.8) is 0 Å². The van der Waals surface area contributed by atoms with Crippen molar-refractivity contribution in [2.24, 2.45) is 0 Å². The summed E-state index contributed by atoms with van der Waals surface area (Å²) in [6, 6.07) is 0. The number of unbranched alkanes of at least 4 members (excludes halogenated alkanes) is 3. The third kappa shape index (κ3) is 6.71. The summed E-state index contributed by atoms with van der Waals surface area (Å²) in [6.07, 6.45) is 13.4. The summed E-state index contributed by atoms with van der Waals surface area (Å²) in [5, 5.41) is 0. The molecular formula is C10H12O2. The van der Waals surface area contributed by atoms with E-state index in [0.717, 1.165) is 25.7 Å². The van der Waals surface area contributed by atoms with Gasteiger partial charge < -0.3 is 4.74 Å². The van der Waals surface area contributed by atoms with Crippen LogP contribution in [-0.2, 0) is 9.53 Å². The lowest BCUT2D eigenvalue weighted by Crippen LogP contribution is -2.02. The average Bonchev–Trinajstić information content (AvgIpc) is 2.10. The van der Waals surface area contributed by atoms with Crippen LogP contribution in [0.4, 0.5) is 0 Å². The molecule has 0 radical (unpaired) electrons. The van der Waals surface area contributed by atoms with E-state index in [4.69, 9.17) is 12.8 Å². The fraction of sp³-hybridized carbons (Fsp3) is 0.500. The number of terminal acetylenes is 2. The maximum Gasteiger partial charge on any atom is 0.384 e. The summed E-state index contributed by atoms with van der Waals surface area (Å²) >= 11 is 0. The van der Waals surface area contributed by atoms with Gasteiger partial charge in [0, 0.05) is 12.3 Å². The van der Waals surface area contributed by atoms with Crippen molar-refractivity contribution >= 4 is 5.97 Å². The van der Waals surface area contributed by atoms with Gasteiger partial charge in [0.2, 0.25) is 0 Å². The van der Waals surface area contributed by atoms with E-state index in [9.17, 15) is 4.79 Å². The molecule has 0 aliphatic carbocycles. The van der Waals surface area contributed by atoms with E-state index in [1.165, 1.54) is 0 Å². The van der Waals surface area contributed by atoms with E-state index >= 15 is 0 Å². The maximum atomic E-state index is 10.4. The van der Waals surface area contributed by atoms with Crippen LogP contribution in [0, 0.1) is 24.7 Å². The molecule has 0 saturated heterocycles. The van der Waals surface area contributed by atoms with Crippen molar-refractivity contribution < 1.29 is 9.53 Å². The molecule has 0 aromatic heterocycles. The molecule has 0 rings (SSSR count). The van der Waals surface area contributed by atoms with Gasteiger partial charge in [0.25, 0.3) is 0 Å². The predicted octanol–water partition coefficient (Wildman–Crippen LogP) is 1.36. The van der Waals surface area contributed by atoms with Crippen LogP contribution in [0.1, 0.15) is 25.7 Å². The van der Waals surface area contributed by atoms with Crippen LogP contribution in [0.3, 0.4) is 0 Å². The highest BCUT2D eigenvalue weighted by atomic mass is 16.5. The molecule has 0 unspecified atom stereocenters. The Morgan fingerprint density at radius 3 is 2.58 bits per heavy atom. The van der Waals surface area contributed by atoms with Crippen molar-refractivity contribution in [3.8, 4) is 24.7 Å². The van der Waals surface area contributed by atoms with Crippen molar-refractivity contribution in [2.75, 3.05) is 6.61 Å². The zero-order chi connectivity index (χ0) is 9.23. The van der Waals surface area contributed by atoms with Gasteiger partial charge in [-0.2, -0.15) is 0 Å². The Labute approximate surface area is 73.3 Å². The van der Waals surface area contributed by atoms with E-state index in [1.807, 2.05) is 5.92 Å². The number of carbonyl (C=O) groups excluding carboxylic acids is 1. The van der Waals surface area contributed by atoms with Crippen LogP contribution in [-0.4, -0.2) is 12.6 Å². The molecule has 0 saturated carbocycles. The van der Waals surface area contributed by atoms with Gasteiger partial charge in [-0.15, -0.1) is 18.8 Å². The highest BCUT2D eigenvalue weighted by Gasteiger charge is 1.94. The van der Waals surface area contributed by atoms with Gasteiger partial charge in [0.15, 0.2) is 0 Å². The molecule has 0 aromatic carbocycles. The first-order valence-corrected chi connectivity index (χ1v) is 3.88. The van der Waals surface area contributed by atoms with Gasteiger partial charge in [-0.3, -0.25) is 0 Å². The summed E-state index contributed by atoms with van der Waals surface area (Å²) < 4.78 is 4.64. The molecule has 0 aliphatic heterocycles. The minimum atomic E-state index is -0.591. The monoisotopic (exact) mass is 164 g/mol. The molecule has 0 heterocycles. The van der Waals surface area contributed by atoms with Crippen LogP contribution >= 0.6 is 0 Å². The number of carbonyl (C=O) groups is 1. The summed E-state index contributed by atoms with van der Waals surface area (Å²) in [4.78, 5) is 10.4. The molecule has 0 N–H and O–H groups in total. The molecule has 0 aliphatic rings. The number of hydrogen-bond acceptors (Lipinski definition) is 2. The number of rotatable bonds is 5. The lowest BCUT2D eigenvalue weighted by atomic mass is 10.2. The van der Waals surface area contributed by atoms with Gasteiger partial charge in [0.1, 0.15) is 0 Å². The van der Waals surface area contributed by atoms with E-state index < -0.39 is 5.97 Å². The number of hydrogen-bond donors (Lipinski definition) is 0. The first-order valence-electron chi connectivity index (χ1n) is 3.88. The minimum Gasteiger partial charge on any atom is -0.456 e. The molecule has 0 spiro atoms. The van der Waals surface area contributed by atoms with E-state index in [1.54, 1.807) is 0 Å². The van der Waals surface area contributed by atoms with E-state index in [2.05, 4.69) is 10.7 Å². The quantitative estimate of drug-likeness (QED) is 0.265. The fourth-order valence-corrected chi connectivity index (χ4v) is 0.712. The zero-order valence-electron chi connectivity index (χ0n) is 7.01. The normalized spacial score (nSPS) is 8.17. The molecule has 12 heavy (non-hydrogen) atoms. The van der Waals surface area contributed by atoms with Gasteiger partial charge in [0.05, 0.1) is 6.61 Å². The first kappa shape index (κ1) is 10.6. The topological polar surface area (TPSA) is 26.3 Å². The molecule has 0 aromatic rings.